The van der Waals surface area contributed by atoms with Gasteiger partial charge in [-0.15, -0.1) is 0 Å². The Morgan fingerprint density at radius 1 is 1.08 bits per heavy atom. The van der Waals surface area contributed by atoms with Crippen LogP contribution in [0.15, 0.2) is 67.0 Å². The Bertz CT molecular complexity index is 807. The monoisotopic (exact) mass is 317 g/mol. The highest BCUT2D eigenvalue weighted by Gasteiger charge is 2.23. The number of aryl methyl sites for hydroxylation is 1. The second-order valence-corrected chi connectivity index (χ2v) is 6.65. The third-order valence-electron chi connectivity index (χ3n) is 4.96. The predicted molar refractivity (Wildman–Crippen MR) is 97.2 cm³/mol. The van der Waals surface area contributed by atoms with E-state index in [2.05, 4.69) is 59.6 Å². The first-order valence-electron chi connectivity index (χ1n) is 8.68. The minimum Gasteiger partial charge on any atom is -0.295 e. The standard InChI is InChI=1S/C21H23N3/c1-23(21-13-7-9-18-8-5-6-12-20(18)21)15-17-14-22-24(16-17)19-10-3-2-4-11-19/h2-6,8,10-12,14,16,21H,7,9,13,15H2,1H3. The van der Waals surface area contributed by atoms with Crippen molar-refractivity contribution in [2.45, 2.75) is 31.8 Å². The van der Waals surface area contributed by atoms with Gasteiger partial charge in [-0.25, -0.2) is 4.68 Å². The largest absolute Gasteiger partial charge is 0.295 e. The SMILES string of the molecule is CN(Cc1cnn(-c2ccccc2)c1)C1CCCc2ccccc21. The highest BCUT2D eigenvalue weighted by atomic mass is 15.3. The average Bonchev–Trinajstić information content (AvgIpc) is 3.10. The maximum atomic E-state index is 4.52. The minimum absolute atomic E-state index is 0.509. The summed E-state index contributed by atoms with van der Waals surface area (Å²) >= 11 is 0. The quantitative estimate of drug-likeness (QED) is 0.712. The number of hydrogen-bond donors (Lipinski definition) is 0. The van der Waals surface area contributed by atoms with E-state index in [4.69, 9.17) is 0 Å². The molecular formula is C21H23N3. The Hall–Kier alpha value is -2.39. The molecule has 0 N–H and O–H groups in total. The van der Waals surface area contributed by atoms with Gasteiger partial charge >= 0.3 is 0 Å². The summed E-state index contributed by atoms with van der Waals surface area (Å²) in [4.78, 5) is 2.46. The van der Waals surface area contributed by atoms with Crippen LogP contribution in [0.2, 0.25) is 0 Å². The van der Waals surface area contributed by atoms with Gasteiger partial charge in [-0.3, -0.25) is 4.90 Å². The van der Waals surface area contributed by atoms with Crippen molar-refractivity contribution < 1.29 is 0 Å². The second-order valence-electron chi connectivity index (χ2n) is 6.65. The number of nitrogens with zero attached hydrogens (tertiary/aromatic N) is 3. The molecule has 4 rings (SSSR count). The Morgan fingerprint density at radius 2 is 1.88 bits per heavy atom. The fraction of sp³-hybridized carbons (Fsp3) is 0.286. The topological polar surface area (TPSA) is 21.1 Å². The molecule has 1 aromatic heterocycles. The summed E-state index contributed by atoms with van der Waals surface area (Å²) in [6.07, 6.45) is 7.85. The lowest BCUT2D eigenvalue weighted by Gasteiger charge is -2.33. The maximum Gasteiger partial charge on any atom is 0.0645 e. The highest BCUT2D eigenvalue weighted by Crippen LogP contribution is 2.34. The average molecular weight is 317 g/mol. The number of hydrogen-bond acceptors (Lipinski definition) is 2. The van der Waals surface area contributed by atoms with Gasteiger partial charge in [-0.2, -0.15) is 5.10 Å². The number of para-hydroxylation sites is 1. The number of fused-ring (bicyclic) bond motifs is 1. The second kappa shape index (κ2) is 6.62. The van der Waals surface area contributed by atoms with Gasteiger partial charge in [0.25, 0.3) is 0 Å². The van der Waals surface area contributed by atoms with Gasteiger partial charge in [0.1, 0.15) is 0 Å². The molecule has 1 heterocycles. The zero-order valence-corrected chi connectivity index (χ0v) is 14.1. The summed E-state index contributed by atoms with van der Waals surface area (Å²) in [5.74, 6) is 0. The normalized spacial score (nSPS) is 17.0. The predicted octanol–water partition coefficient (Wildman–Crippen LogP) is 4.38. The first-order chi connectivity index (χ1) is 11.8. The van der Waals surface area contributed by atoms with Crippen molar-refractivity contribution in [1.29, 1.82) is 0 Å². The van der Waals surface area contributed by atoms with Crippen molar-refractivity contribution in [1.82, 2.24) is 14.7 Å². The summed E-state index contributed by atoms with van der Waals surface area (Å²) in [5, 5.41) is 4.52. The Kier molecular flexibility index (Phi) is 4.18. The number of rotatable bonds is 4. The minimum atomic E-state index is 0.509. The molecule has 0 aliphatic heterocycles. The van der Waals surface area contributed by atoms with E-state index >= 15 is 0 Å². The summed E-state index contributed by atoms with van der Waals surface area (Å²) in [6.45, 7) is 0.922. The van der Waals surface area contributed by atoms with E-state index in [1.807, 2.05) is 29.1 Å². The smallest absolute Gasteiger partial charge is 0.0645 e. The molecule has 3 heteroatoms. The van der Waals surface area contributed by atoms with Crippen LogP contribution in [0.25, 0.3) is 5.69 Å². The van der Waals surface area contributed by atoms with Crippen LogP contribution >= 0.6 is 0 Å². The van der Waals surface area contributed by atoms with Crippen molar-refractivity contribution >= 4 is 0 Å². The van der Waals surface area contributed by atoms with Crippen LogP contribution < -0.4 is 0 Å². The van der Waals surface area contributed by atoms with E-state index in [0.29, 0.717) is 6.04 Å². The molecule has 1 unspecified atom stereocenters. The molecule has 1 atom stereocenters. The molecular weight excluding hydrogens is 294 g/mol. The zero-order chi connectivity index (χ0) is 16.4. The van der Waals surface area contributed by atoms with Crippen LogP contribution in [-0.4, -0.2) is 21.7 Å². The number of aromatic nitrogens is 2. The molecule has 0 spiro atoms. The maximum absolute atomic E-state index is 4.52. The van der Waals surface area contributed by atoms with Crippen LogP contribution in [0.3, 0.4) is 0 Å². The van der Waals surface area contributed by atoms with Crippen molar-refractivity contribution in [3.63, 3.8) is 0 Å². The molecule has 0 radical (unpaired) electrons. The molecule has 0 bridgehead atoms. The van der Waals surface area contributed by atoms with Gasteiger partial charge < -0.3 is 0 Å². The third kappa shape index (κ3) is 3.00. The molecule has 0 amide bonds. The summed E-state index contributed by atoms with van der Waals surface area (Å²) in [7, 11) is 2.23. The van der Waals surface area contributed by atoms with Crippen LogP contribution in [0.4, 0.5) is 0 Å². The van der Waals surface area contributed by atoms with E-state index in [-0.39, 0.29) is 0 Å². The number of benzene rings is 2. The molecule has 3 aromatic rings. The molecule has 0 saturated heterocycles. The highest BCUT2D eigenvalue weighted by molar-refractivity contribution is 5.33. The zero-order valence-electron chi connectivity index (χ0n) is 14.1. The molecule has 1 aliphatic rings. The van der Waals surface area contributed by atoms with Gasteiger partial charge in [0, 0.05) is 24.3 Å². The molecule has 3 nitrogen and oxygen atoms in total. The van der Waals surface area contributed by atoms with Gasteiger partial charge in [0.2, 0.25) is 0 Å². The lowest BCUT2D eigenvalue weighted by molar-refractivity contribution is 0.213. The Balaban J connectivity index is 1.51. The third-order valence-corrected chi connectivity index (χ3v) is 4.96. The van der Waals surface area contributed by atoms with Crippen LogP contribution in [0.1, 0.15) is 35.6 Å². The van der Waals surface area contributed by atoms with Gasteiger partial charge in [0.15, 0.2) is 0 Å². The van der Waals surface area contributed by atoms with Gasteiger partial charge in [-0.1, -0.05) is 42.5 Å². The molecule has 0 saturated carbocycles. The van der Waals surface area contributed by atoms with Crippen molar-refractivity contribution in [3.05, 3.63) is 83.7 Å². The molecule has 122 valence electrons. The lowest BCUT2D eigenvalue weighted by Crippen LogP contribution is -2.27. The first-order valence-corrected chi connectivity index (χ1v) is 8.68. The molecule has 2 aromatic carbocycles. The van der Waals surface area contributed by atoms with E-state index in [0.717, 1.165) is 12.2 Å². The van der Waals surface area contributed by atoms with Crippen LogP contribution in [-0.2, 0) is 13.0 Å². The Morgan fingerprint density at radius 3 is 2.75 bits per heavy atom. The summed E-state index contributed by atoms with van der Waals surface area (Å²) < 4.78 is 1.96. The van der Waals surface area contributed by atoms with Crippen LogP contribution in [0, 0.1) is 0 Å². The van der Waals surface area contributed by atoms with E-state index < -0.39 is 0 Å². The van der Waals surface area contributed by atoms with E-state index in [9.17, 15) is 0 Å². The van der Waals surface area contributed by atoms with E-state index in [1.165, 1.54) is 36.0 Å². The molecule has 24 heavy (non-hydrogen) atoms. The fourth-order valence-corrected chi connectivity index (χ4v) is 3.75. The molecule has 0 fully saturated rings. The summed E-state index contributed by atoms with van der Waals surface area (Å²) in [5.41, 5.74) is 5.38. The molecule has 1 aliphatic carbocycles. The van der Waals surface area contributed by atoms with Crippen molar-refractivity contribution in [2.75, 3.05) is 7.05 Å². The lowest BCUT2D eigenvalue weighted by atomic mass is 9.87. The van der Waals surface area contributed by atoms with Crippen molar-refractivity contribution in [2.24, 2.45) is 0 Å². The first kappa shape index (κ1) is 15.2. The van der Waals surface area contributed by atoms with Crippen molar-refractivity contribution in [3.8, 4) is 5.69 Å². The van der Waals surface area contributed by atoms with E-state index in [1.54, 1.807) is 0 Å². The summed E-state index contributed by atoms with van der Waals surface area (Å²) in [6, 6.07) is 19.7. The fourth-order valence-electron chi connectivity index (χ4n) is 3.75. The Labute approximate surface area is 143 Å². The van der Waals surface area contributed by atoms with Gasteiger partial charge in [-0.05, 0) is 49.6 Å². The van der Waals surface area contributed by atoms with Gasteiger partial charge in [0.05, 0.1) is 11.9 Å². The van der Waals surface area contributed by atoms with Crippen LogP contribution in [0.5, 0.6) is 0 Å².